The molecule has 3 aromatic carbocycles. The first-order chi connectivity index (χ1) is 32.4. The van der Waals surface area contributed by atoms with Crippen molar-refractivity contribution in [3.05, 3.63) is 110 Å². The summed E-state index contributed by atoms with van der Waals surface area (Å²) < 4.78 is 41.1. The number of methoxy groups -OCH3 is 2. The highest BCUT2D eigenvalue weighted by atomic mass is 79.9. The van der Waals surface area contributed by atoms with E-state index in [1.165, 1.54) is 0 Å². The fraction of sp³-hybridized carbons (Fsp3) is 0.354. The Morgan fingerprint density at radius 2 is 1.07 bits per heavy atom. The van der Waals surface area contributed by atoms with Gasteiger partial charge in [-0.2, -0.15) is 25.0 Å². The normalized spacial score (nSPS) is 11.9. The molecule has 0 aliphatic rings. The largest absolute Gasteiger partial charge is 0.497 e. The first-order valence-electron chi connectivity index (χ1n) is 22.0. The summed E-state index contributed by atoms with van der Waals surface area (Å²) in [5.41, 5.74) is 5.72. The molecule has 0 aliphatic carbocycles. The molecule has 0 N–H and O–H groups in total. The van der Waals surface area contributed by atoms with Crippen molar-refractivity contribution in [2.75, 3.05) is 27.4 Å². The summed E-state index contributed by atoms with van der Waals surface area (Å²) in [6, 6.07) is 21.5. The second kappa shape index (κ2) is 22.4. The lowest BCUT2D eigenvalue weighted by molar-refractivity contribution is 0.0897. The molecule has 0 spiro atoms. The van der Waals surface area contributed by atoms with Crippen molar-refractivity contribution in [3.63, 3.8) is 0 Å². The van der Waals surface area contributed by atoms with Crippen molar-refractivity contribution in [1.82, 2.24) is 38.9 Å². The van der Waals surface area contributed by atoms with Crippen LogP contribution in [0, 0.1) is 0 Å². The Morgan fingerprint density at radius 1 is 0.588 bits per heavy atom. The zero-order valence-electron chi connectivity index (χ0n) is 39.7. The molecule has 14 nitrogen and oxygen atoms in total. The molecular formula is C48H56BrCl3N8O6Si2. The van der Waals surface area contributed by atoms with Gasteiger partial charge in [0.2, 0.25) is 22.3 Å². The maximum absolute atomic E-state index is 6.95. The Morgan fingerprint density at radius 3 is 1.57 bits per heavy atom. The molecule has 0 bridgehead atoms. The van der Waals surface area contributed by atoms with Crippen molar-refractivity contribution in [2.24, 2.45) is 7.05 Å². The number of hydrogen-bond acceptors (Lipinski definition) is 11. The topological polar surface area (TPSA) is 135 Å². The minimum Gasteiger partial charge on any atom is -0.497 e. The molecule has 68 heavy (non-hydrogen) atoms. The molecule has 0 saturated heterocycles. The molecule has 20 heteroatoms. The SMILES string of the molecule is COc1ccc(COc2nc(Cl)nc3c2c(-c2ccc4nn(C)cc4c2Cl)cn3COCC[Si](C)(C)C)cc1.COc1ccc(COc2nc(Cl)nc3c2c(Br)cn3COCC[Si](C)(C)C)cc1. The smallest absolute Gasteiger partial charge is 0.228 e. The van der Waals surface area contributed by atoms with Crippen molar-refractivity contribution in [2.45, 2.75) is 78.0 Å². The summed E-state index contributed by atoms with van der Waals surface area (Å²) in [6.07, 6.45) is 5.81. The van der Waals surface area contributed by atoms with E-state index in [0.29, 0.717) is 66.7 Å². The molecule has 0 atom stereocenters. The van der Waals surface area contributed by atoms with Gasteiger partial charge in [-0.1, -0.05) is 81.2 Å². The van der Waals surface area contributed by atoms with Gasteiger partial charge in [0.1, 0.15) is 38.2 Å². The number of nitrogens with zero attached hydrogens (tertiary/aromatic N) is 8. The highest BCUT2D eigenvalue weighted by molar-refractivity contribution is 9.10. The summed E-state index contributed by atoms with van der Waals surface area (Å²) in [6.45, 7) is 16.7. The van der Waals surface area contributed by atoms with E-state index in [2.05, 4.69) is 80.2 Å². The second-order valence-electron chi connectivity index (χ2n) is 18.6. The van der Waals surface area contributed by atoms with E-state index in [1.807, 2.05) is 95.4 Å². The zero-order valence-corrected chi connectivity index (χ0v) is 45.6. The third-order valence-corrected chi connectivity index (χ3v) is 15.6. The standard InChI is InChI=1S/C28H31Cl2N5O3Si.C20H25BrClN3O3Si/c1-34-14-22-23(33-34)11-10-20(25(22)29)21-15-35(17-37-12-13-39(3,4)5)26-24(21)27(32-28(30)31-26)38-16-18-6-8-19(36-2)9-7-18;1-26-15-7-5-14(6-8-15)12-28-19-17-16(21)11-25(18(17)23-20(22)24-19)13-27-9-10-29(2,3)4/h6-11,14-15H,12-13,16-17H2,1-5H3;5-8,11H,9-10,12-13H2,1-4H3. The van der Waals surface area contributed by atoms with E-state index >= 15 is 0 Å². The van der Waals surface area contributed by atoms with Crippen LogP contribution in [0.3, 0.4) is 0 Å². The third kappa shape index (κ3) is 13.1. The van der Waals surface area contributed by atoms with Crippen LogP contribution < -0.4 is 18.9 Å². The Balaban J connectivity index is 0.000000211. The van der Waals surface area contributed by atoms with Crippen molar-refractivity contribution in [1.29, 1.82) is 0 Å². The molecule has 0 aliphatic heterocycles. The molecule has 0 saturated carbocycles. The Hall–Kier alpha value is -4.73. The Bertz CT molecular complexity index is 2990. The maximum Gasteiger partial charge on any atom is 0.228 e. The van der Waals surface area contributed by atoms with E-state index in [-0.39, 0.29) is 10.6 Å². The lowest BCUT2D eigenvalue weighted by atomic mass is 10.0. The fourth-order valence-electron chi connectivity index (χ4n) is 7.04. The van der Waals surface area contributed by atoms with Gasteiger partial charge in [-0.05, 0) is 92.7 Å². The van der Waals surface area contributed by atoms with Crippen LogP contribution in [-0.4, -0.2) is 82.4 Å². The van der Waals surface area contributed by atoms with Crippen LogP contribution in [0.2, 0.25) is 67.0 Å². The average Bonchev–Trinajstić information content (AvgIpc) is 3.96. The molecule has 8 aromatic rings. The predicted octanol–water partition coefficient (Wildman–Crippen LogP) is 12.9. The maximum atomic E-state index is 6.95. The van der Waals surface area contributed by atoms with Crippen LogP contribution >= 0.6 is 50.7 Å². The van der Waals surface area contributed by atoms with E-state index in [9.17, 15) is 0 Å². The number of hydrogen-bond donors (Lipinski definition) is 0. The Labute approximate surface area is 421 Å². The highest BCUT2D eigenvalue weighted by Crippen LogP contribution is 2.42. The van der Waals surface area contributed by atoms with Crippen molar-refractivity contribution in [3.8, 4) is 34.4 Å². The van der Waals surface area contributed by atoms with Crippen LogP contribution in [0.5, 0.6) is 23.3 Å². The number of ether oxygens (including phenoxy) is 6. The van der Waals surface area contributed by atoms with Gasteiger partial charge in [-0.15, -0.1) is 0 Å². The number of aromatic nitrogens is 8. The van der Waals surface area contributed by atoms with Gasteiger partial charge in [0.15, 0.2) is 11.3 Å². The number of aryl methyl sites for hydroxylation is 1. The summed E-state index contributed by atoms with van der Waals surface area (Å²) in [5.74, 6) is 2.39. The minimum absolute atomic E-state index is 0.0917. The predicted molar refractivity (Wildman–Crippen MR) is 280 cm³/mol. The van der Waals surface area contributed by atoms with E-state index in [4.69, 9.17) is 63.2 Å². The number of halogens is 4. The summed E-state index contributed by atoms with van der Waals surface area (Å²) in [5, 5.41) is 7.66. The molecule has 0 unspecified atom stereocenters. The molecular weight excluding hydrogens is 1030 g/mol. The quantitative estimate of drug-likeness (QED) is 0.0435. The molecule has 0 fully saturated rings. The molecule has 0 amide bonds. The van der Waals surface area contributed by atoms with E-state index in [1.54, 1.807) is 18.9 Å². The number of fused-ring (bicyclic) bond motifs is 3. The molecule has 360 valence electrons. The van der Waals surface area contributed by atoms with Crippen molar-refractivity contribution >= 4 is 99.9 Å². The van der Waals surface area contributed by atoms with Gasteiger partial charge in [0.05, 0.1) is 40.0 Å². The van der Waals surface area contributed by atoms with Crippen LogP contribution in [0.15, 0.2) is 83.7 Å². The van der Waals surface area contributed by atoms with Gasteiger partial charge in [0.25, 0.3) is 0 Å². The van der Waals surface area contributed by atoms with E-state index < -0.39 is 16.1 Å². The third-order valence-electron chi connectivity index (χ3n) is 10.8. The van der Waals surface area contributed by atoms with Crippen LogP contribution in [-0.2, 0) is 43.2 Å². The molecule has 8 rings (SSSR count). The van der Waals surface area contributed by atoms with Gasteiger partial charge in [-0.25, -0.2) is 0 Å². The second-order valence-corrected chi connectivity index (χ2v) is 31.7. The summed E-state index contributed by atoms with van der Waals surface area (Å²) in [4.78, 5) is 17.7. The lowest BCUT2D eigenvalue weighted by Crippen LogP contribution is -2.22. The number of benzene rings is 3. The van der Waals surface area contributed by atoms with E-state index in [0.717, 1.165) is 73.2 Å². The molecule has 0 radical (unpaired) electrons. The minimum atomic E-state index is -1.23. The van der Waals surface area contributed by atoms with Crippen LogP contribution in [0.25, 0.3) is 44.1 Å². The summed E-state index contributed by atoms with van der Waals surface area (Å²) >= 11 is 23.1. The van der Waals surface area contributed by atoms with Crippen molar-refractivity contribution < 1.29 is 28.4 Å². The zero-order chi connectivity index (χ0) is 48.8. The number of rotatable bonds is 19. The van der Waals surface area contributed by atoms with Gasteiger partial charge in [0, 0.05) is 71.5 Å². The van der Waals surface area contributed by atoms with Gasteiger partial charge >= 0.3 is 0 Å². The van der Waals surface area contributed by atoms with Crippen LogP contribution in [0.1, 0.15) is 11.1 Å². The first-order valence-corrected chi connectivity index (χ1v) is 31.3. The highest BCUT2D eigenvalue weighted by Gasteiger charge is 2.23. The summed E-state index contributed by atoms with van der Waals surface area (Å²) in [7, 11) is 2.80. The fourth-order valence-corrected chi connectivity index (χ4v) is 9.77. The van der Waals surface area contributed by atoms with Gasteiger partial charge in [-0.3, -0.25) is 4.68 Å². The molecule has 5 aromatic heterocycles. The van der Waals surface area contributed by atoms with Gasteiger partial charge < -0.3 is 37.6 Å². The lowest BCUT2D eigenvalue weighted by Gasteiger charge is -2.15. The monoisotopic (exact) mass is 1080 g/mol. The van der Waals surface area contributed by atoms with Crippen LogP contribution in [0.4, 0.5) is 0 Å². The first kappa shape index (κ1) is 51.1. The molecule has 5 heterocycles. The Kier molecular flexibility index (Phi) is 16.8. The average molecular weight is 1080 g/mol.